The highest BCUT2D eigenvalue weighted by atomic mass is 19.1. The molecule has 0 saturated carbocycles. The van der Waals surface area contributed by atoms with Gasteiger partial charge in [0.2, 0.25) is 0 Å². The van der Waals surface area contributed by atoms with Gasteiger partial charge in [-0.25, -0.2) is 9.37 Å². The van der Waals surface area contributed by atoms with Crippen LogP contribution in [0.2, 0.25) is 0 Å². The zero-order chi connectivity index (χ0) is 15.2. The number of nitrogens with zero attached hydrogens (tertiary/aromatic N) is 2. The fourth-order valence-corrected chi connectivity index (χ4v) is 2.52. The van der Waals surface area contributed by atoms with Crippen LogP contribution in [0.5, 0.6) is 0 Å². The van der Waals surface area contributed by atoms with E-state index in [1.54, 1.807) is 12.1 Å². The number of pyridine rings is 1. The van der Waals surface area contributed by atoms with Gasteiger partial charge in [0.15, 0.2) is 0 Å². The van der Waals surface area contributed by atoms with Gasteiger partial charge in [-0.2, -0.15) is 0 Å². The average Bonchev–Trinajstić information content (AvgIpc) is 2.56. The Morgan fingerprint density at radius 2 is 1.95 bits per heavy atom. The molecule has 1 aromatic carbocycles. The monoisotopic (exact) mass is 301 g/mol. The zero-order valence-corrected chi connectivity index (χ0v) is 12.5. The van der Waals surface area contributed by atoms with Crippen LogP contribution in [0.15, 0.2) is 42.5 Å². The highest BCUT2D eigenvalue weighted by Gasteiger charge is 2.12. The van der Waals surface area contributed by atoms with Crippen LogP contribution in [0.25, 0.3) is 0 Å². The molecule has 1 aliphatic heterocycles. The van der Waals surface area contributed by atoms with Gasteiger partial charge < -0.3 is 15.0 Å². The van der Waals surface area contributed by atoms with E-state index in [0.717, 1.165) is 56.5 Å². The summed E-state index contributed by atoms with van der Waals surface area (Å²) in [5, 5.41) is 3.30. The minimum atomic E-state index is -0.190. The Labute approximate surface area is 129 Å². The van der Waals surface area contributed by atoms with E-state index in [9.17, 15) is 4.39 Å². The number of halogens is 1. The Balaban J connectivity index is 1.56. The molecule has 0 aliphatic carbocycles. The molecule has 0 spiro atoms. The largest absolute Gasteiger partial charge is 0.378 e. The fraction of sp³-hybridized carbons (Fsp3) is 0.353. The number of rotatable bonds is 5. The number of hydrogen-bond acceptors (Lipinski definition) is 4. The molecule has 22 heavy (non-hydrogen) atoms. The number of aromatic nitrogens is 1. The molecule has 2 aromatic rings. The Kier molecular flexibility index (Phi) is 4.85. The van der Waals surface area contributed by atoms with Crippen LogP contribution in [-0.2, 0) is 11.2 Å². The van der Waals surface area contributed by atoms with E-state index in [1.807, 2.05) is 24.3 Å². The molecule has 116 valence electrons. The lowest BCUT2D eigenvalue weighted by atomic mass is 10.1. The molecule has 0 unspecified atom stereocenters. The first-order valence-corrected chi connectivity index (χ1v) is 7.59. The molecule has 1 N–H and O–H groups in total. The van der Waals surface area contributed by atoms with Gasteiger partial charge in [-0.15, -0.1) is 0 Å². The summed E-state index contributed by atoms with van der Waals surface area (Å²) in [6.07, 6.45) is 0.765. The van der Waals surface area contributed by atoms with E-state index in [0.29, 0.717) is 0 Å². The number of morpholine rings is 1. The van der Waals surface area contributed by atoms with Crippen molar-refractivity contribution in [1.82, 2.24) is 4.98 Å². The lowest BCUT2D eigenvalue weighted by molar-refractivity contribution is 0.122. The molecule has 2 heterocycles. The standard InChI is InChI=1S/C17H20FN3O/c18-15-4-1-3-14(13-15)7-8-19-16-5-2-6-17(20-16)21-9-11-22-12-10-21/h1-6,13H,7-12H2,(H,19,20). The minimum absolute atomic E-state index is 0.190. The molecule has 1 fully saturated rings. The van der Waals surface area contributed by atoms with Gasteiger partial charge in [0.05, 0.1) is 13.2 Å². The number of ether oxygens (including phenoxy) is 1. The first kappa shape index (κ1) is 14.8. The van der Waals surface area contributed by atoms with Gasteiger partial charge in [-0.05, 0) is 36.2 Å². The third-order valence-corrected chi connectivity index (χ3v) is 3.68. The molecule has 0 bridgehead atoms. The van der Waals surface area contributed by atoms with Gasteiger partial charge in [0.1, 0.15) is 17.5 Å². The Morgan fingerprint density at radius 1 is 1.14 bits per heavy atom. The van der Waals surface area contributed by atoms with Gasteiger partial charge in [-0.3, -0.25) is 0 Å². The van der Waals surface area contributed by atoms with E-state index >= 15 is 0 Å². The highest BCUT2D eigenvalue weighted by molar-refractivity contribution is 5.47. The molecule has 1 saturated heterocycles. The summed E-state index contributed by atoms with van der Waals surface area (Å²) in [5.41, 5.74) is 0.983. The number of benzene rings is 1. The Hall–Kier alpha value is -2.14. The number of anilines is 2. The lowest BCUT2D eigenvalue weighted by Crippen LogP contribution is -2.36. The van der Waals surface area contributed by atoms with Crippen molar-refractivity contribution in [2.45, 2.75) is 6.42 Å². The van der Waals surface area contributed by atoms with Gasteiger partial charge >= 0.3 is 0 Å². The predicted molar refractivity (Wildman–Crippen MR) is 85.9 cm³/mol. The summed E-state index contributed by atoms with van der Waals surface area (Å²) < 4.78 is 18.5. The molecule has 4 nitrogen and oxygen atoms in total. The molecule has 0 atom stereocenters. The average molecular weight is 301 g/mol. The Morgan fingerprint density at radius 3 is 2.77 bits per heavy atom. The van der Waals surface area contributed by atoms with Crippen molar-refractivity contribution in [1.29, 1.82) is 0 Å². The molecule has 5 heteroatoms. The van der Waals surface area contributed by atoms with Crippen LogP contribution in [-0.4, -0.2) is 37.8 Å². The first-order valence-electron chi connectivity index (χ1n) is 7.59. The Bertz CT molecular complexity index is 614. The lowest BCUT2D eigenvalue weighted by Gasteiger charge is -2.28. The third-order valence-electron chi connectivity index (χ3n) is 3.68. The summed E-state index contributed by atoms with van der Waals surface area (Å²) in [4.78, 5) is 6.85. The van der Waals surface area contributed by atoms with Crippen molar-refractivity contribution in [3.05, 3.63) is 53.8 Å². The van der Waals surface area contributed by atoms with Crippen LogP contribution in [0.1, 0.15) is 5.56 Å². The summed E-state index contributed by atoms with van der Waals surface area (Å²) >= 11 is 0. The van der Waals surface area contributed by atoms with Crippen LogP contribution in [0.3, 0.4) is 0 Å². The molecule has 0 radical (unpaired) electrons. The van der Waals surface area contributed by atoms with Crippen LogP contribution < -0.4 is 10.2 Å². The molecule has 1 aliphatic rings. The van der Waals surface area contributed by atoms with Gasteiger partial charge in [0.25, 0.3) is 0 Å². The molecule has 0 amide bonds. The summed E-state index contributed by atoms with van der Waals surface area (Å²) in [5.74, 6) is 1.63. The van der Waals surface area contributed by atoms with E-state index in [2.05, 4.69) is 15.2 Å². The van der Waals surface area contributed by atoms with E-state index in [-0.39, 0.29) is 5.82 Å². The maximum Gasteiger partial charge on any atom is 0.131 e. The van der Waals surface area contributed by atoms with Crippen molar-refractivity contribution < 1.29 is 9.13 Å². The van der Waals surface area contributed by atoms with Crippen molar-refractivity contribution in [3.63, 3.8) is 0 Å². The van der Waals surface area contributed by atoms with Crippen molar-refractivity contribution in [3.8, 4) is 0 Å². The minimum Gasteiger partial charge on any atom is -0.378 e. The van der Waals surface area contributed by atoms with Crippen LogP contribution in [0.4, 0.5) is 16.0 Å². The van der Waals surface area contributed by atoms with Gasteiger partial charge in [-0.1, -0.05) is 18.2 Å². The van der Waals surface area contributed by atoms with Crippen molar-refractivity contribution >= 4 is 11.6 Å². The smallest absolute Gasteiger partial charge is 0.131 e. The molecular weight excluding hydrogens is 281 g/mol. The van der Waals surface area contributed by atoms with Crippen LogP contribution >= 0.6 is 0 Å². The predicted octanol–water partition coefficient (Wildman–Crippen LogP) is 2.71. The molecule has 3 rings (SSSR count). The molecule has 1 aromatic heterocycles. The quantitative estimate of drug-likeness (QED) is 0.921. The second-order valence-corrected chi connectivity index (χ2v) is 5.29. The van der Waals surface area contributed by atoms with Crippen LogP contribution in [0, 0.1) is 5.82 Å². The van der Waals surface area contributed by atoms with E-state index in [1.165, 1.54) is 6.07 Å². The molecular formula is C17H20FN3O. The first-order chi connectivity index (χ1) is 10.8. The van der Waals surface area contributed by atoms with E-state index < -0.39 is 0 Å². The summed E-state index contributed by atoms with van der Waals surface area (Å²) in [6, 6.07) is 12.7. The maximum absolute atomic E-state index is 13.1. The number of hydrogen-bond donors (Lipinski definition) is 1. The topological polar surface area (TPSA) is 37.4 Å². The SMILES string of the molecule is Fc1cccc(CCNc2cccc(N3CCOCC3)n2)c1. The highest BCUT2D eigenvalue weighted by Crippen LogP contribution is 2.15. The third kappa shape index (κ3) is 3.95. The van der Waals surface area contributed by atoms with E-state index in [4.69, 9.17) is 4.74 Å². The summed E-state index contributed by atoms with van der Waals surface area (Å²) in [7, 11) is 0. The zero-order valence-electron chi connectivity index (χ0n) is 12.5. The van der Waals surface area contributed by atoms with Crippen molar-refractivity contribution in [2.75, 3.05) is 43.1 Å². The second kappa shape index (κ2) is 7.22. The normalized spacial score (nSPS) is 14.9. The van der Waals surface area contributed by atoms with Gasteiger partial charge in [0, 0.05) is 19.6 Å². The van der Waals surface area contributed by atoms with Crippen molar-refractivity contribution in [2.24, 2.45) is 0 Å². The second-order valence-electron chi connectivity index (χ2n) is 5.29. The maximum atomic E-state index is 13.1. The number of nitrogens with one attached hydrogen (secondary N) is 1. The fourth-order valence-electron chi connectivity index (χ4n) is 2.52. The summed E-state index contributed by atoms with van der Waals surface area (Å²) in [6.45, 7) is 3.97.